The van der Waals surface area contributed by atoms with Gasteiger partial charge in [0.05, 0.1) is 4.99 Å². The van der Waals surface area contributed by atoms with Crippen molar-refractivity contribution in [3.63, 3.8) is 0 Å². The van der Waals surface area contributed by atoms with Crippen molar-refractivity contribution >= 4 is 17.2 Å². The molecule has 0 aliphatic rings. The van der Waals surface area contributed by atoms with E-state index < -0.39 is 0 Å². The molecule has 1 N–H and O–H groups in total. The van der Waals surface area contributed by atoms with Crippen LogP contribution in [0.1, 0.15) is 20.3 Å². The molecule has 0 saturated heterocycles. The number of hydrogen-bond acceptors (Lipinski definition) is 1. The quantitative estimate of drug-likeness (QED) is 0.571. The summed E-state index contributed by atoms with van der Waals surface area (Å²) in [4.78, 5) is 0.958. The normalized spacial score (nSPS) is 9.50. The Morgan fingerprint density at radius 3 is 2.25 bits per heavy atom. The topological polar surface area (TPSA) is 12.0 Å². The first-order valence-corrected chi connectivity index (χ1v) is 3.28. The molecule has 1 nitrogen and oxygen atoms in total. The third-order valence-corrected chi connectivity index (χ3v) is 1.24. The van der Waals surface area contributed by atoms with Gasteiger partial charge in [0.15, 0.2) is 0 Å². The first-order valence-electron chi connectivity index (χ1n) is 2.87. The van der Waals surface area contributed by atoms with Crippen molar-refractivity contribution in [2.45, 2.75) is 20.3 Å². The molecule has 0 radical (unpaired) electrons. The number of rotatable bonds is 2. The summed E-state index contributed by atoms with van der Waals surface area (Å²) < 4.78 is 0. The molecule has 0 aliphatic carbocycles. The SMILES string of the molecule is CNC(=S)CC(C)C. The maximum Gasteiger partial charge on any atom is 0.0753 e. The predicted octanol–water partition coefficient (Wildman–Crippen LogP) is 1.58. The van der Waals surface area contributed by atoms with Crippen LogP contribution >= 0.6 is 12.2 Å². The summed E-state index contributed by atoms with van der Waals surface area (Å²) >= 11 is 4.92. The van der Waals surface area contributed by atoms with E-state index in [1.54, 1.807) is 0 Å². The maximum atomic E-state index is 4.92. The highest BCUT2D eigenvalue weighted by molar-refractivity contribution is 7.80. The van der Waals surface area contributed by atoms with Gasteiger partial charge in [0.2, 0.25) is 0 Å². The third kappa shape index (κ3) is 4.06. The Balaban J connectivity index is 3.25. The Morgan fingerprint density at radius 2 is 2.12 bits per heavy atom. The molecule has 8 heavy (non-hydrogen) atoms. The van der Waals surface area contributed by atoms with E-state index in [0.29, 0.717) is 5.92 Å². The van der Waals surface area contributed by atoms with Crippen molar-refractivity contribution in [2.75, 3.05) is 7.05 Å². The highest BCUT2D eigenvalue weighted by Crippen LogP contribution is 1.98. The van der Waals surface area contributed by atoms with E-state index in [4.69, 9.17) is 12.2 Å². The average Bonchev–Trinajstić information content (AvgIpc) is 1.65. The lowest BCUT2D eigenvalue weighted by atomic mass is 10.1. The zero-order valence-corrected chi connectivity index (χ0v) is 6.51. The van der Waals surface area contributed by atoms with Gasteiger partial charge in [-0.15, -0.1) is 0 Å². The van der Waals surface area contributed by atoms with E-state index in [9.17, 15) is 0 Å². The first kappa shape index (κ1) is 7.89. The van der Waals surface area contributed by atoms with Crippen LogP contribution in [0.25, 0.3) is 0 Å². The fourth-order valence-electron chi connectivity index (χ4n) is 0.473. The molecular formula is C6H13NS. The van der Waals surface area contributed by atoms with Gasteiger partial charge in [0.1, 0.15) is 0 Å². The minimum Gasteiger partial charge on any atom is -0.383 e. The number of thiocarbonyl (C=S) groups is 1. The van der Waals surface area contributed by atoms with Crippen LogP contribution in [0.3, 0.4) is 0 Å². The second-order valence-electron chi connectivity index (χ2n) is 2.27. The monoisotopic (exact) mass is 131 g/mol. The van der Waals surface area contributed by atoms with Gasteiger partial charge in [0, 0.05) is 7.05 Å². The van der Waals surface area contributed by atoms with Gasteiger partial charge in [-0.1, -0.05) is 26.1 Å². The summed E-state index contributed by atoms with van der Waals surface area (Å²) in [6.45, 7) is 4.31. The van der Waals surface area contributed by atoms with Crippen LogP contribution < -0.4 is 5.32 Å². The van der Waals surface area contributed by atoms with Crippen molar-refractivity contribution in [1.29, 1.82) is 0 Å². The minimum atomic E-state index is 0.676. The van der Waals surface area contributed by atoms with Gasteiger partial charge in [-0.05, 0) is 12.3 Å². The molecule has 0 rings (SSSR count). The van der Waals surface area contributed by atoms with Crippen molar-refractivity contribution in [1.82, 2.24) is 5.32 Å². The zero-order chi connectivity index (χ0) is 6.57. The van der Waals surface area contributed by atoms with Crippen LogP contribution in [-0.4, -0.2) is 12.0 Å². The van der Waals surface area contributed by atoms with Gasteiger partial charge in [-0.3, -0.25) is 0 Å². The van der Waals surface area contributed by atoms with E-state index in [1.807, 2.05) is 7.05 Å². The van der Waals surface area contributed by atoms with Crippen LogP contribution in [0.5, 0.6) is 0 Å². The molecular weight excluding hydrogens is 118 g/mol. The highest BCUT2D eigenvalue weighted by atomic mass is 32.1. The molecule has 0 aromatic carbocycles. The Hall–Kier alpha value is -0.110. The molecule has 48 valence electrons. The summed E-state index contributed by atoms with van der Waals surface area (Å²) in [6.07, 6.45) is 1.01. The summed E-state index contributed by atoms with van der Waals surface area (Å²) in [6, 6.07) is 0. The van der Waals surface area contributed by atoms with Gasteiger partial charge >= 0.3 is 0 Å². The number of hydrogen-bond donors (Lipinski definition) is 1. The lowest BCUT2D eigenvalue weighted by Crippen LogP contribution is -2.16. The average molecular weight is 131 g/mol. The molecule has 0 bridgehead atoms. The smallest absolute Gasteiger partial charge is 0.0753 e. The largest absolute Gasteiger partial charge is 0.383 e. The molecule has 0 atom stereocenters. The van der Waals surface area contributed by atoms with Crippen molar-refractivity contribution < 1.29 is 0 Å². The van der Waals surface area contributed by atoms with Crippen LogP contribution in [0, 0.1) is 5.92 Å². The molecule has 0 spiro atoms. The Labute approximate surface area is 56.5 Å². The molecule has 0 aromatic rings. The zero-order valence-electron chi connectivity index (χ0n) is 5.69. The Kier molecular flexibility index (Phi) is 3.79. The summed E-state index contributed by atoms with van der Waals surface area (Å²) in [7, 11) is 1.87. The van der Waals surface area contributed by atoms with Crippen molar-refractivity contribution in [2.24, 2.45) is 5.92 Å². The van der Waals surface area contributed by atoms with Crippen molar-refractivity contribution in [3.8, 4) is 0 Å². The lowest BCUT2D eigenvalue weighted by Gasteiger charge is -2.03. The standard InChI is InChI=1S/C6H13NS/c1-5(2)4-6(8)7-3/h5H,4H2,1-3H3,(H,7,8). The molecule has 0 saturated carbocycles. The highest BCUT2D eigenvalue weighted by Gasteiger charge is 1.95. The third-order valence-electron chi connectivity index (χ3n) is 0.872. The van der Waals surface area contributed by atoms with Crippen molar-refractivity contribution in [3.05, 3.63) is 0 Å². The van der Waals surface area contributed by atoms with E-state index in [0.717, 1.165) is 11.4 Å². The Bertz CT molecular complexity index is 78.6. The molecule has 0 amide bonds. The second kappa shape index (κ2) is 3.84. The predicted molar refractivity (Wildman–Crippen MR) is 41.1 cm³/mol. The van der Waals surface area contributed by atoms with Gasteiger partial charge in [-0.2, -0.15) is 0 Å². The molecule has 2 heteroatoms. The van der Waals surface area contributed by atoms with Crippen LogP contribution in [-0.2, 0) is 0 Å². The molecule has 0 unspecified atom stereocenters. The fraction of sp³-hybridized carbons (Fsp3) is 0.833. The van der Waals surface area contributed by atoms with Gasteiger partial charge in [-0.25, -0.2) is 0 Å². The lowest BCUT2D eigenvalue weighted by molar-refractivity contribution is 0.679. The van der Waals surface area contributed by atoms with E-state index in [-0.39, 0.29) is 0 Å². The Morgan fingerprint density at radius 1 is 1.62 bits per heavy atom. The molecule has 0 heterocycles. The first-order chi connectivity index (χ1) is 3.66. The van der Waals surface area contributed by atoms with Crippen LogP contribution in [0.2, 0.25) is 0 Å². The molecule has 0 aromatic heterocycles. The second-order valence-corrected chi connectivity index (χ2v) is 2.76. The fourth-order valence-corrected chi connectivity index (χ4v) is 0.806. The minimum absolute atomic E-state index is 0.676. The van der Waals surface area contributed by atoms with E-state index in [2.05, 4.69) is 19.2 Å². The molecule has 0 fully saturated rings. The van der Waals surface area contributed by atoms with Crippen LogP contribution in [0.4, 0.5) is 0 Å². The molecule has 0 aliphatic heterocycles. The van der Waals surface area contributed by atoms with E-state index in [1.165, 1.54) is 0 Å². The summed E-state index contributed by atoms with van der Waals surface area (Å²) in [5.74, 6) is 0.676. The number of nitrogens with one attached hydrogen (secondary N) is 1. The summed E-state index contributed by atoms with van der Waals surface area (Å²) in [5.41, 5.74) is 0. The van der Waals surface area contributed by atoms with Gasteiger partial charge < -0.3 is 5.32 Å². The van der Waals surface area contributed by atoms with Crippen LogP contribution in [0.15, 0.2) is 0 Å². The van der Waals surface area contributed by atoms with E-state index >= 15 is 0 Å². The maximum absolute atomic E-state index is 4.92. The summed E-state index contributed by atoms with van der Waals surface area (Å²) in [5, 5.41) is 2.93. The van der Waals surface area contributed by atoms with Gasteiger partial charge in [0.25, 0.3) is 0 Å².